The molecule has 1 aliphatic rings. The molecule has 0 spiro atoms. The quantitative estimate of drug-likeness (QED) is 0.849. The van der Waals surface area contributed by atoms with Gasteiger partial charge in [-0.2, -0.15) is 0 Å². The first kappa shape index (κ1) is 15.0. The summed E-state index contributed by atoms with van der Waals surface area (Å²) in [6.45, 7) is 3.17. The van der Waals surface area contributed by atoms with E-state index in [2.05, 4.69) is 28.9 Å². The molecule has 1 aromatic heterocycles. The maximum atomic E-state index is 14.1. The lowest BCUT2D eigenvalue weighted by molar-refractivity contribution is 0.190. The highest BCUT2D eigenvalue weighted by Gasteiger charge is 2.31. The van der Waals surface area contributed by atoms with Gasteiger partial charge in [0.05, 0.1) is 13.3 Å². The van der Waals surface area contributed by atoms with Crippen molar-refractivity contribution in [2.24, 2.45) is 0 Å². The van der Waals surface area contributed by atoms with Gasteiger partial charge >= 0.3 is 0 Å². The Hall–Kier alpha value is -1.94. The molecule has 4 heteroatoms. The summed E-state index contributed by atoms with van der Waals surface area (Å²) in [5.74, 6) is 0.649. The first-order chi connectivity index (χ1) is 10.7. The van der Waals surface area contributed by atoms with Gasteiger partial charge in [0.2, 0.25) is 0 Å². The zero-order valence-corrected chi connectivity index (χ0v) is 13.0. The minimum absolute atomic E-state index is 0.125. The van der Waals surface area contributed by atoms with Gasteiger partial charge in [0.25, 0.3) is 0 Å². The molecule has 3 rings (SSSR count). The highest BCUT2D eigenvalue weighted by atomic mass is 19.1. The van der Waals surface area contributed by atoms with E-state index in [1.54, 1.807) is 19.4 Å². The minimum atomic E-state index is -0.207. The maximum absolute atomic E-state index is 14.1. The smallest absolute Gasteiger partial charge is 0.146 e. The van der Waals surface area contributed by atoms with Crippen LogP contribution in [-0.4, -0.2) is 23.5 Å². The molecule has 0 amide bonds. The Balaban J connectivity index is 1.84. The largest absolute Gasteiger partial charge is 0.497 e. The Labute approximate surface area is 130 Å². The maximum Gasteiger partial charge on any atom is 0.146 e. The number of hydrogen-bond acceptors (Lipinski definition) is 3. The third kappa shape index (κ3) is 2.83. The third-order valence-corrected chi connectivity index (χ3v) is 4.55. The lowest BCUT2D eigenvalue weighted by atomic mass is 10.0. The average Bonchev–Trinajstić information content (AvgIpc) is 3.04. The van der Waals surface area contributed by atoms with Crippen molar-refractivity contribution in [1.29, 1.82) is 0 Å². The van der Waals surface area contributed by atoms with Crippen LogP contribution in [0.4, 0.5) is 4.39 Å². The van der Waals surface area contributed by atoms with E-state index in [-0.39, 0.29) is 17.9 Å². The number of methoxy groups -OCH3 is 1. The summed E-state index contributed by atoms with van der Waals surface area (Å²) >= 11 is 0. The van der Waals surface area contributed by atoms with Gasteiger partial charge in [-0.25, -0.2) is 4.39 Å². The zero-order valence-electron chi connectivity index (χ0n) is 13.0. The molecule has 2 heterocycles. The van der Waals surface area contributed by atoms with E-state index in [0.717, 1.165) is 30.7 Å². The highest BCUT2D eigenvalue weighted by molar-refractivity contribution is 5.29. The number of likely N-dealkylation sites (tertiary alicyclic amines) is 1. The number of nitrogens with zero attached hydrogens (tertiary/aromatic N) is 2. The molecule has 0 unspecified atom stereocenters. The molecule has 116 valence electrons. The van der Waals surface area contributed by atoms with Crippen LogP contribution in [0.15, 0.2) is 42.7 Å². The number of aromatic nitrogens is 1. The van der Waals surface area contributed by atoms with E-state index in [4.69, 9.17) is 4.74 Å². The van der Waals surface area contributed by atoms with E-state index in [1.165, 1.54) is 11.8 Å². The van der Waals surface area contributed by atoms with Gasteiger partial charge in [-0.15, -0.1) is 0 Å². The van der Waals surface area contributed by atoms with Crippen molar-refractivity contribution in [3.63, 3.8) is 0 Å². The van der Waals surface area contributed by atoms with E-state index in [9.17, 15) is 4.39 Å². The van der Waals surface area contributed by atoms with Crippen molar-refractivity contribution < 1.29 is 9.13 Å². The summed E-state index contributed by atoms with van der Waals surface area (Å²) in [5, 5.41) is 0. The van der Waals surface area contributed by atoms with Crippen LogP contribution in [0, 0.1) is 5.82 Å². The Morgan fingerprint density at radius 3 is 2.73 bits per heavy atom. The molecule has 1 saturated heterocycles. The predicted molar refractivity (Wildman–Crippen MR) is 84.3 cm³/mol. The molecule has 0 aliphatic carbocycles. The summed E-state index contributed by atoms with van der Waals surface area (Å²) in [5.41, 5.74) is 1.98. The van der Waals surface area contributed by atoms with Gasteiger partial charge in [-0.1, -0.05) is 12.1 Å². The van der Waals surface area contributed by atoms with Crippen molar-refractivity contribution in [2.75, 3.05) is 13.7 Å². The number of benzene rings is 1. The van der Waals surface area contributed by atoms with Crippen molar-refractivity contribution >= 4 is 0 Å². The topological polar surface area (TPSA) is 25.4 Å². The number of ether oxygens (including phenoxy) is 1. The van der Waals surface area contributed by atoms with Gasteiger partial charge in [0, 0.05) is 23.8 Å². The van der Waals surface area contributed by atoms with Gasteiger partial charge in [-0.3, -0.25) is 9.88 Å². The Bertz CT molecular complexity index is 629. The van der Waals surface area contributed by atoms with Crippen LogP contribution in [-0.2, 0) is 0 Å². The second kappa shape index (κ2) is 6.44. The molecule has 22 heavy (non-hydrogen) atoms. The lowest BCUT2D eigenvalue weighted by Crippen LogP contribution is -2.27. The highest BCUT2D eigenvalue weighted by Crippen LogP contribution is 2.39. The second-order valence-electron chi connectivity index (χ2n) is 5.74. The molecule has 0 N–H and O–H groups in total. The Morgan fingerprint density at radius 1 is 1.27 bits per heavy atom. The minimum Gasteiger partial charge on any atom is -0.497 e. The van der Waals surface area contributed by atoms with Crippen LogP contribution in [0.1, 0.15) is 43.0 Å². The summed E-state index contributed by atoms with van der Waals surface area (Å²) < 4.78 is 19.3. The van der Waals surface area contributed by atoms with Crippen LogP contribution >= 0.6 is 0 Å². The average molecular weight is 300 g/mol. The van der Waals surface area contributed by atoms with Crippen LogP contribution in [0.25, 0.3) is 0 Å². The summed E-state index contributed by atoms with van der Waals surface area (Å²) in [6, 6.07) is 10.3. The summed E-state index contributed by atoms with van der Waals surface area (Å²) in [4.78, 5) is 6.23. The number of rotatable bonds is 4. The molecule has 0 radical (unpaired) electrons. The molecule has 3 nitrogen and oxygen atoms in total. The summed E-state index contributed by atoms with van der Waals surface area (Å²) in [6.07, 6.45) is 5.06. The SMILES string of the molecule is COc1ccc([C@@H](C)N2CCC[C@H]2c2ccncc2F)cc1. The standard InChI is InChI=1S/C18H21FN2O/c1-13(14-5-7-15(22-2)8-6-14)21-11-3-4-18(21)16-9-10-20-12-17(16)19/h5-10,12-13,18H,3-4,11H2,1-2H3/t13-,18+/m1/s1. The van der Waals surface area contributed by atoms with Gasteiger partial charge in [0.1, 0.15) is 11.6 Å². The van der Waals surface area contributed by atoms with Crippen LogP contribution in [0.2, 0.25) is 0 Å². The fraction of sp³-hybridized carbons (Fsp3) is 0.389. The van der Waals surface area contributed by atoms with Crippen molar-refractivity contribution in [2.45, 2.75) is 31.8 Å². The van der Waals surface area contributed by atoms with Crippen LogP contribution in [0.3, 0.4) is 0 Å². The first-order valence-corrected chi connectivity index (χ1v) is 7.70. The lowest BCUT2D eigenvalue weighted by Gasteiger charge is -2.31. The van der Waals surface area contributed by atoms with Gasteiger partial charge in [-0.05, 0) is 50.1 Å². The van der Waals surface area contributed by atoms with E-state index >= 15 is 0 Å². The molecule has 0 saturated carbocycles. The Morgan fingerprint density at radius 2 is 2.05 bits per heavy atom. The molecule has 0 bridgehead atoms. The first-order valence-electron chi connectivity index (χ1n) is 7.70. The molecule has 2 atom stereocenters. The zero-order chi connectivity index (χ0) is 15.5. The van der Waals surface area contributed by atoms with Crippen LogP contribution < -0.4 is 4.74 Å². The van der Waals surface area contributed by atoms with Crippen molar-refractivity contribution in [3.8, 4) is 5.75 Å². The third-order valence-electron chi connectivity index (χ3n) is 4.55. The molecule has 1 aromatic carbocycles. The number of halogens is 1. The van der Waals surface area contributed by atoms with E-state index < -0.39 is 0 Å². The molecule has 1 aliphatic heterocycles. The molecule has 1 fully saturated rings. The normalized spacial score (nSPS) is 20.0. The predicted octanol–water partition coefficient (Wildman–Crippen LogP) is 4.13. The van der Waals surface area contributed by atoms with E-state index in [0.29, 0.717) is 0 Å². The molecule has 2 aromatic rings. The fourth-order valence-corrected chi connectivity index (χ4v) is 3.32. The van der Waals surface area contributed by atoms with Gasteiger partial charge in [0.15, 0.2) is 0 Å². The molecular formula is C18H21FN2O. The second-order valence-corrected chi connectivity index (χ2v) is 5.74. The fourth-order valence-electron chi connectivity index (χ4n) is 3.32. The molecular weight excluding hydrogens is 279 g/mol. The van der Waals surface area contributed by atoms with Crippen molar-refractivity contribution in [1.82, 2.24) is 9.88 Å². The monoisotopic (exact) mass is 300 g/mol. The number of hydrogen-bond donors (Lipinski definition) is 0. The number of pyridine rings is 1. The Kier molecular flexibility index (Phi) is 4.39. The van der Waals surface area contributed by atoms with Crippen molar-refractivity contribution in [3.05, 3.63) is 59.7 Å². The van der Waals surface area contributed by atoms with Gasteiger partial charge < -0.3 is 4.74 Å². The van der Waals surface area contributed by atoms with E-state index in [1.807, 2.05) is 12.1 Å². The summed E-state index contributed by atoms with van der Waals surface area (Å²) in [7, 11) is 1.67. The van der Waals surface area contributed by atoms with Crippen LogP contribution in [0.5, 0.6) is 5.75 Å².